The minimum absolute atomic E-state index is 0.411. The fraction of sp³-hybridized carbons (Fsp3) is 1.00. The quantitative estimate of drug-likeness (QED) is 0.792. The van der Waals surface area contributed by atoms with Gasteiger partial charge in [-0.25, -0.2) is 12.7 Å². The first-order chi connectivity index (χ1) is 8.84. The smallest absolute Gasteiger partial charge is 0.211 e. The van der Waals surface area contributed by atoms with Crippen LogP contribution in [0.15, 0.2) is 0 Å². The third-order valence-corrected chi connectivity index (χ3v) is 5.63. The molecule has 19 heavy (non-hydrogen) atoms. The molecule has 5 nitrogen and oxygen atoms in total. The Morgan fingerprint density at radius 2 is 1.89 bits per heavy atom. The first kappa shape index (κ1) is 15.2. The summed E-state index contributed by atoms with van der Waals surface area (Å²) < 4.78 is 24.8. The van der Waals surface area contributed by atoms with Crippen LogP contribution in [0.5, 0.6) is 0 Å². The summed E-state index contributed by atoms with van der Waals surface area (Å²) in [7, 11) is -0.878. The largest absolute Gasteiger partial charge is 0.328 e. The van der Waals surface area contributed by atoms with Gasteiger partial charge in [-0.2, -0.15) is 0 Å². The van der Waals surface area contributed by atoms with Crippen molar-refractivity contribution in [3.8, 4) is 0 Å². The van der Waals surface area contributed by atoms with E-state index in [1.807, 2.05) is 0 Å². The SMILES string of the molecule is CN(CC1CC(N)C1)CC1CCCN(S(C)(=O)=O)C1. The van der Waals surface area contributed by atoms with Crippen LogP contribution >= 0.6 is 0 Å². The molecule has 0 aromatic carbocycles. The van der Waals surface area contributed by atoms with Crippen LogP contribution < -0.4 is 5.73 Å². The monoisotopic (exact) mass is 289 g/mol. The molecule has 1 aliphatic carbocycles. The normalized spacial score (nSPS) is 33.4. The van der Waals surface area contributed by atoms with Crippen molar-refractivity contribution >= 4 is 10.0 Å². The first-order valence-electron chi connectivity index (χ1n) is 7.24. The van der Waals surface area contributed by atoms with Gasteiger partial charge in [-0.1, -0.05) is 0 Å². The van der Waals surface area contributed by atoms with Gasteiger partial charge in [0.15, 0.2) is 0 Å². The number of hydrogen-bond acceptors (Lipinski definition) is 4. The van der Waals surface area contributed by atoms with Crippen molar-refractivity contribution in [3.63, 3.8) is 0 Å². The Bertz CT molecular complexity index is 393. The lowest BCUT2D eigenvalue weighted by Gasteiger charge is -2.38. The Kier molecular flexibility index (Phi) is 4.87. The highest BCUT2D eigenvalue weighted by Gasteiger charge is 2.29. The molecular weight excluding hydrogens is 262 g/mol. The highest BCUT2D eigenvalue weighted by atomic mass is 32.2. The number of nitrogens with zero attached hydrogens (tertiary/aromatic N) is 2. The summed E-state index contributed by atoms with van der Waals surface area (Å²) in [4.78, 5) is 2.35. The molecule has 1 aliphatic heterocycles. The van der Waals surface area contributed by atoms with E-state index in [4.69, 9.17) is 5.73 Å². The molecule has 2 fully saturated rings. The van der Waals surface area contributed by atoms with Crippen molar-refractivity contribution in [1.29, 1.82) is 0 Å². The molecule has 1 saturated carbocycles. The molecule has 2 N–H and O–H groups in total. The maximum absolute atomic E-state index is 11.6. The van der Waals surface area contributed by atoms with Crippen LogP contribution in [0.1, 0.15) is 25.7 Å². The summed E-state index contributed by atoms with van der Waals surface area (Å²) in [5, 5.41) is 0. The van der Waals surface area contributed by atoms with Crippen LogP contribution in [-0.2, 0) is 10.0 Å². The van der Waals surface area contributed by atoms with Gasteiger partial charge in [-0.3, -0.25) is 0 Å². The highest BCUT2D eigenvalue weighted by Crippen LogP contribution is 2.27. The van der Waals surface area contributed by atoms with E-state index in [9.17, 15) is 8.42 Å². The van der Waals surface area contributed by atoms with Crippen molar-refractivity contribution in [1.82, 2.24) is 9.21 Å². The molecule has 0 radical (unpaired) electrons. The zero-order chi connectivity index (χ0) is 14.0. The molecule has 0 bridgehead atoms. The van der Waals surface area contributed by atoms with Crippen molar-refractivity contribution in [2.75, 3.05) is 39.5 Å². The average molecular weight is 289 g/mol. The fourth-order valence-electron chi connectivity index (χ4n) is 3.37. The number of hydrogen-bond donors (Lipinski definition) is 1. The molecular formula is C13H27N3O2S. The predicted octanol–water partition coefficient (Wildman–Crippen LogP) is 0.327. The standard InChI is InChI=1S/C13H27N3O2S/c1-15(9-12-6-13(14)7-12)8-11-4-3-5-16(10-11)19(2,17)18/h11-13H,3-10,14H2,1-2H3. The Hall–Kier alpha value is -0.170. The molecule has 1 unspecified atom stereocenters. The molecule has 0 amide bonds. The number of nitrogens with two attached hydrogens (primary N) is 1. The van der Waals surface area contributed by atoms with Crippen LogP contribution in [0.3, 0.4) is 0 Å². The second-order valence-electron chi connectivity index (χ2n) is 6.45. The van der Waals surface area contributed by atoms with E-state index >= 15 is 0 Å². The number of sulfonamides is 1. The van der Waals surface area contributed by atoms with Crippen LogP contribution in [0.2, 0.25) is 0 Å². The number of piperidine rings is 1. The molecule has 1 saturated heterocycles. The summed E-state index contributed by atoms with van der Waals surface area (Å²) >= 11 is 0. The fourth-order valence-corrected chi connectivity index (χ4v) is 4.31. The first-order valence-corrected chi connectivity index (χ1v) is 9.08. The lowest BCUT2D eigenvalue weighted by atomic mass is 9.80. The molecule has 6 heteroatoms. The minimum Gasteiger partial charge on any atom is -0.328 e. The predicted molar refractivity (Wildman–Crippen MR) is 77.3 cm³/mol. The molecule has 2 aliphatic rings. The van der Waals surface area contributed by atoms with Crippen LogP contribution in [0.4, 0.5) is 0 Å². The summed E-state index contributed by atoms with van der Waals surface area (Å²) in [6, 6.07) is 0.411. The number of rotatable bonds is 5. The molecule has 0 aromatic heterocycles. The molecule has 1 atom stereocenters. The van der Waals surface area contributed by atoms with Gasteiger partial charge in [0.25, 0.3) is 0 Å². The maximum atomic E-state index is 11.6. The molecule has 112 valence electrons. The maximum Gasteiger partial charge on any atom is 0.211 e. The Labute approximate surface area is 117 Å². The Morgan fingerprint density at radius 1 is 1.26 bits per heavy atom. The van der Waals surface area contributed by atoms with Gasteiger partial charge < -0.3 is 10.6 Å². The van der Waals surface area contributed by atoms with Crippen LogP contribution in [0, 0.1) is 11.8 Å². The van der Waals surface area contributed by atoms with E-state index in [0.29, 0.717) is 25.0 Å². The molecule has 0 spiro atoms. The Balaban J connectivity index is 1.75. The zero-order valence-corrected chi connectivity index (χ0v) is 12.9. The van der Waals surface area contributed by atoms with Crippen molar-refractivity contribution in [3.05, 3.63) is 0 Å². The van der Waals surface area contributed by atoms with Crippen molar-refractivity contribution in [2.45, 2.75) is 31.7 Å². The lowest BCUT2D eigenvalue weighted by molar-refractivity contribution is 0.147. The van der Waals surface area contributed by atoms with E-state index in [-0.39, 0.29) is 0 Å². The topological polar surface area (TPSA) is 66.6 Å². The van der Waals surface area contributed by atoms with Gasteiger partial charge in [0.1, 0.15) is 0 Å². The van der Waals surface area contributed by atoms with E-state index < -0.39 is 10.0 Å². The second kappa shape index (κ2) is 6.08. The zero-order valence-electron chi connectivity index (χ0n) is 12.1. The summed E-state index contributed by atoms with van der Waals surface area (Å²) in [6.45, 7) is 3.48. The van der Waals surface area contributed by atoms with Crippen LogP contribution in [-0.4, -0.2) is 63.1 Å². The van der Waals surface area contributed by atoms with Gasteiger partial charge in [-0.15, -0.1) is 0 Å². The van der Waals surface area contributed by atoms with E-state index in [2.05, 4.69) is 11.9 Å². The third-order valence-electron chi connectivity index (χ3n) is 4.36. The van der Waals surface area contributed by atoms with Crippen molar-refractivity contribution < 1.29 is 8.42 Å². The van der Waals surface area contributed by atoms with Crippen LogP contribution in [0.25, 0.3) is 0 Å². The van der Waals surface area contributed by atoms with Gasteiger partial charge in [0.2, 0.25) is 10.0 Å². The van der Waals surface area contributed by atoms with Crippen molar-refractivity contribution in [2.24, 2.45) is 17.6 Å². The Morgan fingerprint density at radius 3 is 2.47 bits per heavy atom. The van der Waals surface area contributed by atoms with E-state index in [1.54, 1.807) is 4.31 Å². The van der Waals surface area contributed by atoms with Gasteiger partial charge in [-0.05, 0) is 44.6 Å². The van der Waals surface area contributed by atoms with E-state index in [0.717, 1.165) is 44.7 Å². The molecule has 1 heterocycles. The second-order valence-corrected chi connectivity index (χ2v) is 8.43. The van der Waals surface area contributed by atoms with E-state index in [1.165, 1.54) is 6.26 Å². The van der Waals surface area contributed by atoms with Gasteiger partial charge in [0, 0.05) is 32.2 Å². The average Bonchev–Trinajstić information content (AvgIpc) is 2.26. The lowest BCUT2D eigenvalue weighted by Crippen LogP contribution is -2.45. The molecule has 0 aromatic rings. The minimum atomic E-state index is -3.02. The highest BCUT2D eigenvalue weighted by molar-refractivity contribution is 7.88. The third kappa shape index (κ3) is 4.41. The summed E-state index contributed by atoms with van der Waals surface area (Å²) in [5.41, 5.74) is 5.80. The molecule has 2 rings (SSSR count). The summed E-state index contributed by atoms with van der Waals surface area (Å²) in [5.74, 6) is 1.22. The summed E-state index contributed by atoms with van der Waals surface area (Å²) in [6.07, 6.45) is 5.73. The van der Waals surface area contributed by atoms with Gasteiger partial charge in [0.05, 0.1) is 6.26 Å². The van der Waals surface area contributed by atoms with Gasteiger partial charge >= 0.3 is 0 Å².